The van der Waals surface area contributed by atoms with Crippen LogP contribution in [0.15, 0.2) is 15.9 Å². The Morgan fingerprint density at radius 1 is 1.65 bits per heavy atom. The Morgan fingerprint density at radius 2 is 2.47 bits per heavy atom. The van der Waals surface area contributed by atoms with Gasteiger partial charge in [-0.15, -0.1) is 11.3 Å². The maximum Gasteiger partial charge on any atom is 0.0774 e. The van der Waals surface area contributed by atoms with Crippen LogP contribution >= 0.6 is 27.3 Å². The summed E-state index contributed by atoms with van der Waals surface area (Å²) in [5.74, 6) is 0.657. The highest BCUT2D eigenvalue weighted by molar-refractivity contribution is 9.10. The number of hydrogen-bond donors (Lipinski definition) is 2. The highest BCUT2D eigenvalue weighted by Gasteiger charge is 2.31. The lowest BCUT2D eigenvalue weighted by Gasteiger charge is -2.35. The summed E-state index contributed by atoms with van der Waals surface area (Å²) >= 11 is 5.27. The molecule has 0 aliphatic heterocycles. The van der Waals surface area contributed by atoms with Gasteiger partial charge in [0.25, 0.3) is 0 Å². The minimum atomic E-state index is -0.485. The van der Waals surface area contributed by atoms with E-state index in [9.17, 15) is 5.11 Å². The quantitative estimate of drug-likeness (QED) is 0.890. The van der Waals surface area contributed by atoms with Crippen LogP contribution in [0, 0.1) is 5.92 Å². The van der Waals surface area contributed by atoms with Gasteiger partial charge in [-0.2, -0.15) is 0 Å². The number of rotatable bonds is 4. The van der Waals surface area contributed by atoms with E-state index in [4.69, 9.17) is 0 Å². The average molecular weight is 318 g/mol. The van der Waals surface area contributed by atoms with Crippen molar-refractivity contribution in [2.24, 2.45) is 5.92 Å². The van der Waals surface area contributed by atoms with Crippen LogP contribution in [0.1, 0.15) is 37.5 Å². The van der Waals surface area contributed by atoms with Crippen molar-refractivity contribution in [3.63, 3.8) is 0 Å². The summed E-state index contributed by atoms with van der Waals surface area (Å²) in [7, 11) is 0. The molecule has 1 aromatic rings. The first-order valence-electron chi connectivity index (χ1n) is 6.24. The third-order valence-electron chi connectivity index (χ3n) is 3.50. The van der Waals surface area contributed by atoms with Crippen LogP contribution in [0.4, 0.5) is 0 Å². The smallest absolute Gasteiger partial charge is 0.0774 e. The molecule has 4 heteroatoms. The van der Waals surface area contributed by atoms with Crippen molar-refractivity contribution in [3.05, 3.63) is 20.8 Å². The molecule has 0 spiro atoms. The third kappa shape index (κ3) is 3.78. The molecule has 1 aliphatic carbocycles. The SMILES string of the molecule is CC1CCCC(O)(CNCc2sccc2Br)C1. The van der Waals surface area contributed by atoms with Crippen LogP contribution in [0.25, 0.3) is 0 Å². The maximum atomic E-state index is 10.5. The van der Waals surface area contributed by atoms with E-state index in [-0.39, 0.29) is 0 Å². The summed E-state index contributed by atoms with van der Waals surface area (Å²) in [5.41, 5.74) is -0.485. The monoisotopic (exact) mass is 317 g/mol. The van der Waals surface area contributed by atoms with Gasteiger partial charge >= 0.3 is 0 Å². The highest BCUT2D eigenvalue weighted by atomic mass is 79.9. The van der Waals surface area contributed by atoms with Gasteiger partial charge in [0.1, 0.15) is 0 Å². The first kappa shape index (κ1) is 13.5. The third-order valence-corrected chi connectivity index (χ3v) is 5.42. The number of thiophene rings is 1. The van der Waals surface area contributed by atoms with Crippen molar-refractivity contribution >= 4 is 27.3 Å². The van der Waals surface area contributed by atoms with E-state index in [1.165, 1.54) is 15.8 Å². The zero-order chi connectivity index (χ0) is 12.3. The van der Waals surface area contributed by atoms with Crippen LogP contribution in [0.5, 0.6) is 0 Å². The Balaban J connectivity index is 1.79. The standard InChI is InChI=1S/C13H20BrNOS/c1-10-3-2-5-13(16,7-10)9-15-8-12-11(14)4-6-17-12/h4,6,10,15-16H,2-3,5,7-9H2,1H3. The Bertz CT molecular complexity index is 368. The Morgan fingerprint density at radius 3 is 3.12 bits per heavy atom. The van der Waals surface area contributed by atoms with E-state index in [1.54, 1.807) is 11.3 Å². The van der Waals surface area contributed by atoms with Crippen molar-refractivity contribution < 1.29 is 5.11 Å². The molecule has 0 saturated heterocycles. The van der Waals surface area contributed by atoms with Crippen molar-refractivity contribution in [1.82, 2.24) is 5.32 Å². The highest BCUT2D eigenvalue weighted by Crippen LogP contribution is 2.31. The summed E-state index contributed by atoms with van der Waals surface area (Å²) in [6, 6.07) is 2.07. The summed E-state index contributed by atoms with van der Waals surface area (Å²) in [5, 5.41) is 15.9. The molecule has 0 amide bonds. The second-order valence-corrected chi connectivity index (χ2v) is 7.08. The molecule has 1 aliphatic rings. The average Bonchev–Trinajstić information content (AvgIpc) is 2.64. The molecule has 1 heterocycles. The van der Waals surface area contributed by atoms with Gasteiger partial charge < -0.3 is 10.4 Å². The summed E-state index contributed by atoms with van der Waals surface area (Å²) in [6.07, 6.45) is 4.29. The first-order valence-corrected chi connectivity index (χ1v) is 7.91. The van der Waals surface area contributed by atoms with E-state index in [1.807, 2.05) is 0 Å². The van der Waals surface area contributed by atoms with Gasteiger partial charge in [0, 0.05) is 22.4 Å². The zero-order valence-corrected chi connectivity index (χ0v) is 12.6. The summed E-state index contributed by atoms with van der Waals surface area (Å²) < 4.78 is 1.17. The molecule has 1 saturated carbocycles. The van der Waals surface area contributed by atoms with E-state index in [0.717, 1.165) is 25.8 Å². The van der Waals surface area contributed by atoms with Crippen molar-refractivity contribution in [2.75, 3.05) is 6.54 Å². The van der Waals surface area contributed by atoms with E-state index in [2.05, 4.69) is 39.6 Å². The van der Waals surface area contributed by atoms with Gasteiger partial charge in [-0.3, -0.25) is 0 Å². The number of hydrogen-bond acceptors (Lipinski definition) is 3. The van der Waals surface area contributed by atoms with Crippen LogP contribution < -0.4 is 5.32 Å². The molecule has 0 aromatic carbocycles. The van der Waals surface area contributed by atoms with E-state index >= 15 is 0 Å². The first-order chi connectivity index (χ1) is 8.09. The molecule has 1 aromatic heterocycles. The zero-order valence-electron chi connectivity index (χ0n) is 10.2. The predicted octanol–water partition coefficient (Wildman–Crippen LogP) is 3.54. The van der Waals surface area contributed by atoms with Gasteiger partial charge in [-0.05, 0) is 46.1 Å². The second kappa shape index (κ2) is 5.83. The largest absolute Gasteiger partial charge is 0.389 e. The topological polar surface area (TPSA) is 32.3 Å². The Hall–Kier alpha value is 0.100. The molecule has 0 radical (unpaired) electrons. The minimum absolute atomic E-state index is 0.485. The van der Waals surface area contributed by atoms with E-state index < -0.39 is 5.60 Å². The fraction of sp³-hybridized carbons (Fsp3) is 0.692. The number of aliphatic hydroxyl groups is 1. The molecule has 2 rings (SSSR count). The molecule has 17 heavy (non-hydrogen) atoms. The molecule has 2 nitrogen and oxygen atoms in total. The molecule has 96 valence electrons. The van der Waals surface area contributed by atoms with Crippen LogP contribution in [0.3, 0.4) is 0 Å². The lowest BCUT2D eigenvalue weighted by Crippen LogP contribution is -2.43. The normalized spacial score (nSPS) is 29.5. The summed E-state index contributed by atoms with van der Waals surface area (Å²) in [4.78, 5) is 1.30. The molecular weight excluding hydrogens is 298 g/mol. The Labute approximate surface area is 116 Å². The van der Waals surface area contributed by atoms with Crippen LogP contribution in [0.2, 0.25) is 0 Å². The Kier molecular flexibility index (Phi) is 4.64. The van der Waals surface area contributed by atoms with Gasteiger partial charge in [0.15, 0.2) is 0 Å². The van der Waals surface area contributed by atoms with Crippen molar-refractivity contribution in [3.8, 4) is 0 Å². The van der Waals surface area contributed by atoms with Gasteiger partial charge in [0.2, 0.25) is 0 Å². The van der Waals surface area contributed by atoms with Gasteiger partial charge in [-0.1, -0.05) is 19.8 Å². The fourth-order valence-corrected chi connectivity index (χ4v) is 4.11. The molecule has 2 atom stereocenters. The van der Waals surface area contributed by atoms with Gasteiger partial charge in [0.05, 0.1) is 5.60 Å². The second-order valence-electron chi connectivity index (χ2n) is 5.22. The molecule has 2 N–H and O–H groups in total. The fourth-order valence-electron chi connectivity index (χ4n) is 2.65. The van der Waals surface area contributed by atoms with Crippen molar-refractivity contribution in [2.45, 2.75) is 44.8 Å². The molecule has 0 bridgehead atoms. The minimum Gasteiger partial charge on any atom is -0.389 e. The van der Waals surface area contributed by atoms with Crippen LogP contribution in [-0.4, -0.2) is 17.3 Å². The predicted molar refractivity (Wildman–Crippen MR) is 76.3 cm³/mol. The van der Waals surface area contributed by atoms with Crippen LogP contribution in [-0.2, 0) is 6.54 Å². The number of halogens is 1. The molecule has 2 unspecified atom stereocenters. The number of nitrogens with one attached hydrogen (secondary N) is 1. The lowest BCUT2D eigenvalue weighted by molar-refractivity contribution is -0.0118. The molecule has 1 fully saturated rings. The van der Waals surface area contributed by atoms with Crippen molar-refractivity contribution in [1.29, 1.82) is 0 Å². The van der Waals surface area contributed by atoms with Gasteiger partial charge in [-0.25, -0.2) is 0 Å². The lowest BCUT2D eigenvalue weighted by atomic mass is 9.79. The van der Waals surface area contributed by atoms with E-state index in [0.29, 0.717) is 12.5 Å². The maximum absolute atomic E-state index is 10.5. The molecular formula is C13H20BrNOS. The summed E-state index contributed by atoms with van der Waals surface area (Å²) in [6.45, 7) is 3.79.